The molecule has 0 spiro atoms. The van der Waals surface area contributed by atoms with E-state index in [9.17, 15) is 5.11 Å². The van der Waals surface area contributed by atoms with E-state index in [0.717, 1.165) is 24.4 Å². The number of aliphatic hydroxyl groups is 1. The largest absolute Gasteiger partial charge is 0.396 e. The van der Waals surface area contributed by atoms with Crippen molar-refractivity contribution < 1.29 is 5.11 Å². The van der Waals surface area contributed by atoms with E-state index in [1.54, 1.807) is 0 Å². The molecule has 0 bridgehead atoms. The van der Waals surface area contributed by atoms with Gasteiger partial charge in [0.2, 0.25) is 0 Å². The Morgan fingerprint density at radius 2 is 1.65 bits per heavy atom. The monoisotopic (exact) mass is 281 g/mol. The van der Waals surface area contributed by atoms with Crippen LogP contribution in [0.1, 0.15) is 71.6 Å². The van der Waals surface area contributed by atoms with E-state index < -0.39 is 0 Å². The zero-order valence-electron chi connectivity index (χ0n) is 13.9. The summed E-state index contributed by atoms with van der Waals surface area (Å²) in [7, 11) is 2.30. The molecule has 2 fully saturated rings. The maximum atomic E-state index is 9.93. The molecule has 2 nitrogen and oxygen atoms in total. The van der Waals surface area contributed by atoms with Crippen molar-refractivity contribution in [1.82, 2.24) is 4.90 Å². The highest BCUT2D eigenvalue weighted by Crippen LogP contribution is 2.40. The highest BCUT2D eigenvalue weighted by atomic mass is 16.3. The topological polar surface area (TPSA) is 23.5 Å². The van der Waals surface area contributed by atoms with Crippen molar-refractivity contribution in [1.29, 1.82) is 0 Å². The molecule has 20 heavy (non-hydrogen) atoms. The highest BCUT2D eigenvalue weighted by Gasteiger charge is 2.36. The summed E-state index contributed by atoms with van der Waals surface area (Å²) in [6, 6.07) is 0.764. The van der Waals surface area contributed by atoms with E-state index in [4.69, 9.17) is 0 Å². The Balaban J connectivity index is 1.85. The van der Waals surface area contributed by atoms with Crippen molar-refractivity contribution in [3.05, 3.63) is 0 Å². The van der Waals surface area contributed by atoms with E-state index in [2.05, 4.69) is 25.8 Å². The fourth-order valence-corrected chi connectivity index (χ4v) is 4.39. The van der Waals surface area contributed by atoms with Gasteiger partial charge in [-0.05, 0) is 57.4 Å². The van der Waals surface area contributed by atoms with Crippen LogP contribution < -0.4 is 0 Å². The molecule has 0 atom stereocenters. The summed E-state index contributed by atoms with van der Waals surface area (Å²) in [5.41, 5.74) is 0.197. The summed E-state index contributed by atoms with van der Waals surface area (Å²) >= 11 is 0. The minimum Gasteiger partial charge on any atom is -0.396 e. The third-order valence-corrected chi connectivity index (χ3v) is 6.27. The number of aliphatic hydroxyl groups excluding tert-OH is 1. The summed E-state index contributed by atoms with van der Waals surface area (Å²) in [4.78, 5) is 2.58. The number of nitrogens with zero attached hydrogens (tertiary/aromatic N) is 1. The third-order valence-electron chi connectivity index (χ3n) is 6.27. The van der Waals surface area contributed by atoms with E-state index >= 15 is 0 Å². The summed E-state index contributed by atoms with van der Waals surface area (Å²) < 4.78 is 0. The van der Waals surface area contributed by atoms with Crippen molar-refractivity contribution in [3.8, 4) is 0 Å². The molecule has 0 aromatic heterocycles. The van der Waals surface area contributed by atoms with Crippen LogP contribution in [0.4, 0.5) is 0 Å². The van der Waals surface area contributed by atoms with Crippen molar-refractivity contribution in [2.24, 2.45) is 17.3 Å². The van der Waals surface area contributed by atoms with Crippen molar-refractivity contribution in [3.63, 3.8) is 0 Å². The van der Waals surface area contributed by atoms with Crippen LogP contribution in [0.3, 0.4) is 0 Å². The lowest BCUT2D eigenvalue weighted by molar-refractivity contribution is 0.0171. The fraction of sp³-hybridized carbons (Fsp3) is 1.00. The minimum atomic E-state index is 0.197. The average molecular weight is 281 g/mol. The summed E-state index contributed by atoms with van der Waals surface area (Å²) in [5.74, 6) is 1.84. The molecule has 0 heterocycles. The predicted molar refractivity (Wildman–Crippen MR) is 85.8 cm³/mol. The van der Waals surface area contributed by atoms with Gasteiger partial charge in [0, 0.05) is 24.6 Å². The molecule has 2 saturated carbocycles. The molecule has 0 amide bonds. The fourth-order valence-electron chi connectivity index (χ4n) is 4.39. The standard InChI is InChI=1S/C18H35NO/c1-4-16-5-7-17(8-6-16)19(3)13-18(14-20)11-9-15(2)10-12-18/h15-17,20H,4-14H2,1-3H3. The first-order chi connectivity index (χ1) is 9.58. The van der Waals surface area contributed by atoms with Gasteiger partial charge in [0.05, 0.1) is 0 Å². The lowest BCUT2D eigenvalue weighted by Crippen LogP contribution is -2.45. The Kier molecular flexibility index (Phi) is 5.92. The molecule has 0 radical (unpaired) electrons. The lowest BCUT2D eigenvalue weighted by Gasteiger charge is -2.44. The first kappa shape index (κ1) is 16.3. The number of hydrogen-bond donors (Lipinski definition) is 1. The second kappa shape index (κ2) is 7.26. The Morgan fingerprint density at radius 3 is 2.15 bits per heavy atom. The molecule has 0 aromatic rings. The van der Waals surface area contributed by atoms with Crippen molar-refractivity contribution in [2.75, 3.05) is 20.2 Å². The number of rotatable bonds is 5. The lowest BCUT2D eigenvalue weighted by atomic mass is 9.70. The van der Waals surface area contributed by atoms with Crippen molar-refractivity contribution in [2.45, 2.75) is 77.7 Å². The van der Waals surface area contributed by atoms with Crippen LogP contribution in [0.25, 0.3) is 0 Å². The Hall–Kier alpha value is -0.0800. The van der Waals surface area contributed by atoms with Crippen LogP contribution in [0.15, 0.2) is 0 Å². The molecule has 2 aliphatic carbocycles. The van der Waals surface area contributed by atoms with Gasteiger partial charge in [-0.2, -0.15) is 0 Å². The SMILES string of the molecule is CCC1CCC(N(C)CC2(CO)CCC(C)CC2)CC1. The zero-order valence-corrected chi connectivity index (χ0v) is 13.9. The van der Waals surface area contributed by atoms with Gasteiger partial charge < -0.3 is 10.0 Å². The zero-order chi connectivity index (χ0) is 14.6. The Morgan fingerprint density at radius 1 is 1.05 bits per heavy atom. The van der Waals surface area contributed by atoms with Gasteiger partial charge in [0.1, 0.15) is 0 Å². The molecule has 2 aliphatic rings. The normalized spacial score (nSPS) is 39.1. The van der Waals surface area contributed by atoms with E-state index in [0.29, 0.717) is 6.61 Å². The van der Waals surface area contributed by atoms with Gasteiger partial charge in [-0.3, -0.25) is 0 Å². The molecule has 0 saturated heterocycles. The van der Waals surface area contributed by atoms with Gasteiger partial charge in [-0.25, -0.2) is 0 Å². The van der Waals surface area contributed by atoms with Crippen LogP contribution in [-0.4, -0.2) is 36.2 Å². The first-order valence-electron chi connectivity index (χ1n) is 8.89. The highest BCUT2D eigenvalue weighted by molar-refractivity contribution is 4.89. The summed E-state index contributed by atoms with van der Waals surface area (Å²) in [6.45, 7) is 6.18. The molecule has 0 aliphatic heterocycles. The first-order valence-corrected chi connectivity index (χ1v) is 8.89. The van der Waals surface area contributed by atoms with Crippen molar-refractivity contribution >= 4 is 0 Å². The molecule has 118 valence electrons. The maximum absolute atomic E-state index is 9.93. The van der Waals surface area contributed by atoms with Crippen LogP contribution in [0.2, 0.25) is 0 Å². The van der Waals surface area contributed by atoms with Gasteiger partial charge in [-0.1, -0.05) is 33.1 Å². The van der Waals surface area contributed by atoms with Gasteiger partial charge >= 0.3 is 0 Å². The van der Waals surface area contributed by atoms with E-state index in [1.807, 2.05) is 0 Å². The Bertz CT molecular complexity index is 275. The third kappa shape index (κ3) is 3.98. The van der Waals surface area contributed by atoms with Gasteiger partial charge in [0.15, 0.2) is 0 Å². The quantitative estimate of drug-likeness (QED) is 0.821. The predicted octanol–water partition coefficient (Wildman–Crippen LogP) is 4.08. The molecule has 2 rings (SSSR count). The van der Waals surface area contributed by atoms with Crippen LogP contribution in [0, 0.1) is 17.3 Å². The molecule has 2 heteroatoms. The van der Waals surface area contributed by atoms with E-state index in [-0.39, 0.29) is 5.41 Å². The molecule has 0 unspecified atom stereocenters. The molecule has 1 N–H and O–H groups in total. The van der Waals surface area contributed by atoms with Gasteiger partial charge in [0.25, 0.3) is 0 Å². The van der Waals surface area contributed by atoms with Gasteiger partial charge in [-0.15, -0.1) is 0 Å². The smallest absolute Gasteiger partial charge is 0.0499 e. The second-order valence-electron chi connectivity index (χ2n) is 7.84. The van der Waals surface area contributed by atoms with Crippen LogP contribution in [0.5, 0.6) is 0 Å². The maximum Gasteiger partial charge on any atom is 0.0499 e. The Labute approximate surface area is 125 Å². The molecule has 0 aromatic carbocycles. The molecular formula is C18H35NO. The molecular weight excluding hydrogens is 246 g/mol. The van der Waals surface area contributed by atoms with E-state index in [1.165, 1.54) is 57.8 Å². The second-order valence-corrected chi connectivity index (χ2v) is 7.84. The minimum absolute atomic E-state index is 0.197. The summed E-state index contributed by atoms with van der Waals surface area (Å²) in [6.07, 6.45) is 12.0. The average Bonchev–Trinajstić information content (AvgIpc) is 2.50. The van der Waals surface area contributed by atoms with Crippen LogP contribution >= 0.6 is 0 Å². The summed E-state index contributed by atoms with van der Waals surface area (Å²) in [5, 5.41) is 9.93. The number of hydrogen-bond acceptors (Lipinski definition) is 2. The van der Waals surface area contributed by atoms with Crippen LogP contribution in [-0.2, 0) is 0 Å².